The molecule has 96 valence electrons. The van der Waals surface area contributed by atoms with Crippen LogP contribution in [0.2, 0.25) is 5.02 Å². The first-order valence-corrected chi connectivity index (χ1v) is 7.01. The highest BCUT2D eigenvalue weighted by Crippen LogP contribution is 2.56. The van der Waals surface area contributed by atoms with Gasteiger partial charge in [0.05, 0.1) is 0 Å². The lowest BCUT2D eigenvalue weighted by atomic mass is 10.0. The summed E-state index contributed by atoms with van der Waals surface area (Å²) in [6, 6.07) is 4.42. The summed E-state index contributed by atoms with van der Waals surface area (Å²) in [7, 11) is 0. The van der Waals surface area contributed by atoms with Gasteiger partial charge in [-0.05, 0) is 48.4 Å². The Morgan fingerprint density at radius 3 is 2.61 bits per heavy atom. The van der Waals surface area contributed by atoms with E-state index in [9.17, 15) is 9.18 Å². The second-order valence-electron chi connectivity index (χ2n) is 5.52. The summed E-state index contributed by atoms with van der Waals surface area (Å²) >= 11 is 5.84. The van der Waals surface area contributed by atoms with Gasteiger partial charge in [-0.15, -0.1) is 0 Å². The Kier molecular flexibility index (Phi) is 3.14. The minimum absolute atomic E-state index is 0.198. The van der Waals surface area contributed by atoms with E-state index in [1.54, 1.807) is 6.07 Å². The van der Waals surface area contributed by atoms with Crippen LogP contribution in [-0.4, -0.2) is 5.78 Å². The van der Waals surface area contributed by atoms with Gasteiger partial charge in [0.1, 0.15) is 11.6 Å². The van der Waals surface area contributed by atoms with E-state index < -0.39 is 0 Å². The van der Waals surface area contributed by atoms with Gasteiger partial charge in [-0.25, -0.2) is 4.39 Å². The number of rotatable bonds is 3. The Hall–Kier alpha value is -0.890. The lowest BCUT2D eigenvalue weighted by molar-refractivity contribution is -0.120. The fourth-order valence-electron chi connectivity index (χ4n) is 3.45. The van der Waals surface area contributed by atoms with Gasteiger partial charge >= 0.3 is 0 Å². The number of carbonyl (C=O) groups is 1. The van der Waals surface area contributed by atoms with Gasteiger partial charge in [-0.1, -0.05) is 24.4 Å². The molecule has 2 saturated carbocycles. The number of hydrogen-bond acceptors (Lipinski definition) is 1. The highest BCUT2D eigenvalue weighted by Gasteiger charge is 2.53. The summed E-state index contributed by atoms with van der Waals surface area (Å²) in [5.74, 6) is 1.26. The number of halogens is 2. The third-order valence-corrected chi connectivity index (χ3v) is 4.64. The van der Waals surface area contributed by atoms with Crippen molar-refractivity contribution in [2.24, 2.45) is 17.8 Å². The third kappa shape index (κ3) is 2.18. The molecule has 2 aliphatic carbocycles. The smallest absolute Gasteiger partial charge is 0.141 e. The highest BCUT2D eigenvalue weighted by atomic mass is 35.5. The molecule has 1 aromatic carbocycles. The minimum Gasteiger partial charge on any atom is -0.299 e. The van der Waals surface area contributed by atoms with Crippen LogP contribution >= 0.6 is 11.6 Å². The Labute approximate surface area is 111 Å². The van der Waals surface area contributed by atoms with Crippen molar-refractivity contribution >= 4 is 17.4 Å². The van der Waals surface area contributed by atoms with Gasteiger partial charge in [0.25, 0.3) is 0 Å². The SMILES string of the molecule is O=C(Cc1cc(Cl)ccc1F)C1C2CCCCC21. The maximum absolute atomic E-state index is 13.6. The Morgan fingerprint density at radius 1 is 1.28 bits per heavy atom. The second kappa shape index (κ2) is 4.65. The third-order valence-electron chi connectivity index (χ3n) is 4.40. The Bertz CT molecular complexity index is 473. The predicted molar refractivity (Wildman–Crippen MR) is 69.1 cm³/mol. The van der Waals surface area contributed by atoms with Crippen LogP contribution in [0.25, 0.3) is 0 Å². The van der Waals surface area contributed by atoms with Gasteiger partial charge < -0.3 is 0 Å². The zero-order valence-corrected chi connectivity index (χ0v) is 10.9. The first kappa shape index (κ1) is 12.2. The molecule has 18 heavy (non-hydrogen) atoms. The van der Waals surface area contributed by atoms with E-state index in [0.29, 0.717) is 22.4 Å². The number of hydrogen-bond donors (Lipinski definition) is 0. The van der Waals surface area contributed by atoms with E-state index in [-0.39, 0.29) is 23.9 Å². The molecule has 0 aromatic heterocycles. The molecule has 0 saturated heterocycles. The van der Waals surface area contributed by atoms with Crippen LogP contribution in [0.4, 0.5) is 4.39 Å². The molecule has 3 heteroatoms. The molecule has 2 aliphatic rings. The van der Waals surface area contributed by atoms with E-state index in [0.717, 1.165) is 0 Å². The van der Waals surface area contributed by atoms with Crippen LogP contribution in [-0.2, 0) is 11.2 Å². The van der Waals surface area contributed by atoms with E-state index >= 15 is 0 Å². The van der Waals surface area contributed by atoms with Crippen molar-refractivity contribution < 1.29 is 9.18 Å². The molecule has 3 rings (SSSR count). The van der Waals surface area contributed by atoms with E-state index in [4.69, 9.17) is 11.6 Å². The van der Waals surface area contributed by atoms with Crippen molar-refractivity contribution in [3.05, 3.63) is 34.6 Å². The molecule has 1 aromatic rings. The molecule has 0 heterocycles. The Balaban J connectivity index is 1.69. The van der Waals surface area contributed by atoms with Crippen molar-refractivity contribution in [1.82, 2.24) is 0 Å². The van der Waals surface area contributed by atoms with Crippen molar-refractivity contribution in [3.8, 4) is 0 Å². The van der Waals surface area contributed by atoms with Crippen LogP contribution < -0.4 is 0 Å². The van der Waals surface area contributed by atoms with E-state index in [1.165, 1.54) is 37.8 Å². The van der Waals surface area contributed by atoms with Crippen molar-refractivity contribution in [2.45, 2.75) is 32.1 Å². The predicted octanol–water partition coefficient (Wildman–Crippen LogP) is 4.03. The van der Waals surface area contributed by atoms with Gasteiger partial charge in [0, 0.05) is 17.4 Å². The van der Waals surface area contributed by atoms with Crippen LogP contribution in [0.3, 0.4) is 0 Å². The lowest BCUT2D eigenvalue weighted by Crippen LogP contribution is -2.08. The summed E-state index contributed by atoms with van der Waals surface area (Å²) in [6.07, 6.45) is 5.05. The number of fused-ring (bicyclic) bond motifs is 1. The average molecular weight is 267 g/mol. The fourth-order valence-corrected chi connectivity index (χ4v) is 3.65. The standard InChI is InChI=1S/C15H16ClFO/c16-10-5-6-13(17)9(7-10)8-14(18)15-11-3-1-2-4-12(11)15/h5-7,11-12,15H,1-4,8H2. The molecule has 2 unspecified atom stereocenters. The molecule has 1 nitrogen and oxygen atoms in total. The molecule has 2 atom stereocenters. The van der Waals surface area contributed by atoms with Crippen molar-refractivity contribution in [2.75, 3.05) is 0 Å². The molecule has 0 radical (unpaired) electrons. The molecule has 0 amide bonds. The largest absolute Gasteiger partial charge is 0.299 e. The van der Waals surface area contributed by atoms with Gasteiger partial charge in [-0.2, -0.15) is 0 Å². The summed E-state index contributed by atoms with van der Waals surface area (Å²) in [4.78, 5) is 12.2. The van der Waals surface area contributed by atoms with Gasteiger partial charge in [-0.3, -0.25) is 4.79 Å². The highest BCUT2D eigenvalue weighted by molar-refractivity contribution is 6.30. The van der Waals surface area contributed by atoms with Crippen LogP contribution in [0.15, 0.2) is 18.2 Å². The first-order valence-electron chi connectivity index (χ1n) is 6.63. The second-order valence-corrected chi connectivity index (χ2v) is 5.95. The van der Waals surface area contributed by atoms with Crippen molar-refractivity contribution in [3.63, 3.8) is 0 Å². The number of ketones is 1. The van der Waals surface area contributed by atoms with Crippen molar-refractivity contribution in [1.29, 1.82) is 0 Å². The molecule has 0 bridgehead atoms. The topological polar surface area (TPSA) is 17.1 Å². The minimum atomic E-state index is -0.323. The average Bonchev–Trinajstić information content (AvgIpc) is 3.08. The van der Waals surface area contributed by atoms with Crippen LogP contribution in [0.5, 0.6) is 0 Å². The summed E-state index contributed by atoms with van der Waals surface area (Å²) in [6.45, 7) is 0. The first-order chi connectivity index (χ1) is 8.66. The molecule has 0 N–H and O–H groups in total. The van der Waals surface area contributed by atoms with Crippen LogP contribution in [0.1, 0.15) is 31.2 Å². The zero-order chi connectivity index (χ0) is 12.7. The lowest BCUT2D eigenvalue weighted by Gasteiger charge is -2.04. The van der Waals surface area contributed by atoms with E-state index in [1.807, 2.05) is 0 Å². The van der Waals surface area contributed by atoms with E-state index in [2.05, 4.69) is 0 Å². The van der Waals surface area contributed by atoms with Gasteiger partial charge in [0.2, 0.25) is 0 Å². The number of carbonyl (C=O) groups excluding carboxylic acids is 1. The molecule has 2 fully saturated rings. The normalized spacial score (nSPS) is 29.8. The number of Topliss-reactive ketones (excluding diaryl/α,β-unsaturated/α-hetero) is 1. The monoisotopic (exact) mass is 266 g/mol. The van der Waals surface area contributed by atoms with Gasteiger partial charge in [0.15, 0.2) is 0 Å². The summed E-state index contributed by atoms with van der Waals surface area (Å²) < 4.78 is 13.6. The van der Waals surface area contributed by atoms with Crippen LogP contribution in [0, 0.1) is 23.6 Å². The molecule has 0 spiro atoms. The summed E-state index contributed by atoms with van der Waals surface area (Å²) in [5.41, 5.74) is 0.441. The Morgan fingerprint density at radius 2 is 1.94 bits per heavy atom. The quantitative estimate of drug-likeness (QED) is 0.807. The maximum atomic E-state index is 13.6. The maximum Gasteiger partial charge on any atom is 0.141 e. The zero-order valence-electron chi connectivity index (χ0n) is 10.2. The fraction of sp³-hybridized carbons (Fsp3) is 0.533. The number of benzene rings is 1. The summed E-state index contributed by atoms with van der Waals surface area (Å²) in [5, 5.41) is 0.493. The molecular formula is C15H16ClFO. The molecular weight excluding hydrogens is 251 g/mol. The molecule has 0 aliphatic heterocycles.